The van der Waals surface area contributed by atoms with Gasteiger partial charge in [-0.3, -0.25) is 29.3 Å². The van der Waals surface area contributed by atoms with Gasteiger partial charge in [-0.1, -0.05) is 44.3 Å². The molecule has 3 aromatic heterocycles. The van der Waals surface area contributed by atoms with Gasteiger partial charge in [0.25, 0.3) is 5.91 Å². The molecule has 3 amide bonds. The lowest BCUT2D eigenvalue weighted by Gasteiger charge is -2.44. The maximum Gasteiger partial charge on any atom is 0.270 e. The van der Waals surface area contributed by atoms with Crippen LogP contribution >= 0.6 is 23.9 Å². The van der Waals surface area contributed by atoms with E-state index in [4.69, 9.17) is 9.72 Å². The number of hydrogen-bond acceptors (Lipinski definition) is 14. The summed E-state index contributed by atoms with van der Waals surface area (Å²) in [6.07, 6.45) is 12.4. The molecule has 7 heterocycles. The number of piperazine rings is 1. The first-order valence-corrected chi connectivity index (χ1v) is 28.7. The predicted octanol–water partition coefficient (Wildman–Crippen LogP) is 7.60. The summed E-state index contributed by atoms with van der Waals surface area (Å²) in [7, 11) is 3.24. The number of carbonyl (C=O) groups excluding carboxylic acids is 3. The number of halogens is 1. The first kappa shape index (κ1) is 51.0. The van der Waals surface area contributed by atoms with Crippen molar-refractivity contribution >= 4 is 81.4 Å². The Morgan fingerprint density at radius 2 is 1.57 bits per heavy atom. The fourth-order valence-electron chi connectivity index (χ4n) is 10.8. The van der Waals surface area contributed by atoms with Gasteiger partial charge >= 0.3 is 0 Å². The number of carbonyl (C=O) groups is 3. The molecule has 10 rings (SSSR count). The van der Waals surface area contributed by atoms with Crippen molar-refractivity contribution in [3.8, 4) is 28.0 Å². The summed E-state index contributed by atoms with van der Waals surface area (Å²) in [5.41, 5.74) is 8.64. The van der Waals surface area contributed by atoms with Crippen LogP contribution in [0.2, 0.25) is 0 Å². The zero-order valence-corrected chi connectivity index (χ0v) is 45.0. The van der Waals surface area contributed by atoms with Crippen molar-refractivity contribution < 1.29 is 19.1 Å². The van der Waals surface area contributed by atoms with Crippen molar-refractivity contribution in [3.05, 3.63) is 108 Å². The molecular weight excluding hydrogens is 1020 g/mol. The van der Waals surface area contributed by atoms with E-state index < -0.39 is 25.8 Å². The van der Waals surface area contributed by atoms with Crippen molar-refractivity contribution in [2.45, 2.75) is 50.6 Å². The lowest BCUT2D eigenvalue weighted by molar-refractivity contribution is -0.134. The number of aromatic nitrogens is 5. The quantitative estimate of drug-likeness (QED) is 0.0584. The number of nitrogens with one attached hydrogen (secondary N) is 4. The van der Waals surface area contributed by atoms with Gasteiger partial charge in [-0.15, -0.1) is 0 Å². The lowest BCUT2D eigenvalue weighted by atomic mass is 9.95. The lowest BCUT2D eigenvalue weighted by Crippen LogP contribution is -2.54. The molecule has 4 aliphatic heterocycles. The number of pyridine rings is 1. The molecule has 4 aliphatic rings. The van der Waals surface area contributed by atoms with Crippen LogP contribution in [0.25, 0.3) is 22.3 Å². The van der Waals surface area contributed by atoms with Crippen molar-refractivity contribution in [2.24, 2.45) is 13.0 Å². The highest BCUT2D eigenvalue weighted by Gasteiger charge is 2.32. The number of aryl methyl sites for hydroxylation is 1. The van der Waals surface area contributed by atoms with Crippen LogP contribution in [0, 0.1) is 5.92 Å². The molecule has 4 fully saturated rings. The van der Waals surface area contributed by atoms with Crippen LogP contribution in [0.4, 0.5) is 34.5 Å². The highest BCUT2D eigenvalue weighted by molar-refractivity contribution is 9.10. The molecule has 0 radical (unpaired) electrons. The second kappa shape index (κ2) is 23.0. The minimum Gasteiger partial charge on any atom is -0.494 e. The van der Waals surface area contributed by atoms with E-state index >= 15 is 0 Å². The van der Waals surface area contributed by atoms with Crippen molar-refractivity contribution in [1.29, 1.82) is 0 Å². The molecule has 386 valence electrons. The van der Waals surface area contributed by atoms with E-state index in [9.17, 15) is 14.4 Å². The number of ether oxygens (including phenoxy) is 1. The standard InChI is InChI=1S/C55H65BrN13O4P/c1-65-35-39(31-59-65)42-29-47(62-55-58-33-43(56)52(64-55)60-44-12-10-38(28-50(44)74(3)4)37-8-6-5-7-9-37)49(73-2)30-48(42)69-22-18-40(19-23-69)68-26-24-66(25-27-68)34-36-16-20-67(21-17-36)41-11-13-45(57-32-41)53(71)61-46-14-15-51(70)63-54(46)72/h5-13,28-33,35-36,40,46H,14-27,34H2,1-4H3,(H,61,71)(H,63,70,72)(H2,58,60,62,64). The summed E-state index contributed by atoms with van der Waals surface area (Å²) < 4.78 is 8.70. The summed E-state index contributed by atoms with van der Waals surface area (Å²) in [5, 5.41) is 17.9. The van der Waals surface area contributed by atoms with Gasteiger partial charge in [0.05, 0.1) is 35.4 Å². The number of anilines is 6. The molecular formula is C55H65BrN13O4P. The number of piperidine rings is 3. The molecule has 6 aromatic rings. The molecule has 1 unspecified atom stereocenters. The molecule has 19 heteroatoms. The first-order chi connectivity index (χ1) is 35.9. The highest BCUT2D eigenvalue weighted by atomic mass is 79.9. The molecule has 4 saturated heterocycles. The Hall–Kier alpha value is -6.46. The summed E-state index contributed by atoms with van der Waals surface area (Å²) in [5.74, 6) is 1.26. The number of imide groups is 1. The van der Waals surface area contributed by atoms with Gasteiger partial charge < -0.3 is 35.4 Å². The van der Waals surface area contributed by atoms with Crippen LogP contribution < -0.4 is 41.1 Å². The van der Waals surface area contributed by atoms with Crippen molar-refractivity contribution in [2.75, 3.05) is 99.8 Å². The van der Waals surface area contributed by atoms with Gasteiger partial charge in [0.1, 0.15) is 23.3 Å². The van der Waals surface area contributed by atoms with E-state index in [1.54, 1.807) is 25.6 Å². The second-order valence-electron chi connectivity index (χ2n) is 20.0. The van der Waals surface area contributed by atoms with Crippen LogP contribution in [-0.4, -0.2) is 144 Å². The first-order valence-electron chi connectivity index (χ1n) is 25.7. The Balaban J connectivity index is 0.729. The largest absolute Gasteiger partial charge is 0.494 e. The van der Waals surface area contributed by atoms with E-state index in [1.165, 1.54) is 16.4 Å². The maximum absolute atomic E-state index is 12.8. The zero-order chi connectivity index (χ0) is 51.3. The summed E-state index contributed by atoms with van der Waals surface area (Å²) in [4.78, 5) is 60.7. The van der Waals surface area contributed by atoms with Gasteiger partial charge in [-0.25, -0.2) is 9.97 Å². The second-order valence-corrected chi connectivity index (χ2v) is 23.1. The van der Waals surface area contributed by atoms with Crippen LogP contribution in [0.1, 0.15) is 49.0 Å². The molecule has 0 bridgehead atoms. The molecule has 4 N–H and O–H groups in total. The zero-order valence-electron chi connectivity index (χ0n) is 42.6. The normalized spacial score (nSPS) is 18.4. The number of benzene rings is 3. The monoisotopic (exact) mass is 1080 g/mol. The maximum atomic E-state index is 12.8. The minimum atomic E-state index is -0.726. The number of hydrogen-bond donors (Lipinski definition) is 4. The number of methoxy groups -OCH3 is 1. The molecule has 1 atom stereocenters. The topological polar surface area (TPSA) is 178 Å². The third-order valence-electron chi connectivity index (χ3n) is 14.9. The summed E-state index contributed by atoms with van der Waals surface area (Å²) in [6, 6.07) is 24.8. The Kier molecular flexibility index (Phi) is 15.8. The van der Waals surface area contributed by atoms with Crippen molar-refractivity contribution in [3.63, 3.8) is 0 Å². The predicted molar refractivity (Wildman–Crippen MR) is 298 cm³/mol. The third-order valence-corrected chi connectivity index (χ3v) is 16.8. The van der Waals surface area contributed by atoms with Crippen LogP contribution in [0.3, 0.4) is 0 Å². The fraction of sp³-hybridized carbons (Fsp3) is 0.400. The molecule has 17 nitrogen and oxygen atoms in total. The third kappa shape index (κ3) is 11.9. The van der Waals surface area contributed by atoms with E-state index in [2.05, 4.69) is 146 Å². The van der Waals surface area contributed by atoms with Gasteiger partial charge in [0.15, 0.2) is 0 Å². The van der Waals surface area contributed by atoms with Gasteiger partial charge in [-0.2, -0.15) is 10.1 Å². The summed E-state index contributed by atoms with van der Waals surface area (Å²) in [6.45, 7) is 13.8. The average Bonchev–Trinajstić information content (AvgIpc) is 3.87. The van der Waals surface area contributed by atoms with Gasteiger partial charge in [0.2, 0.25) is 17.8 Å². The molecule has 0 spiro atoms. The molecule has 0 aliphatic carbocycles. The molecule has 0 saturated carbocycles. The van der Waals surface area contributed by atoms with Crippen LogP contribution in [0.5, 0.6) is 5.75 Å². The van der Waals surface area contributed by atoms with Gasteiger partial charge in [0, 0.05) is 119 Å². The van der Waals surface area contributed by atoms with E-state index in [0.29, 0.717) is 35.9 Å². The Morgan fingerprint density at radius 3 is 2.26 bits per heavy atom. The van der Waals surface area contributed by atoms with Crippen LogP contribution in [-0.2, 0) is 16.6 Å². The fourth-order valence-corrected chi connectivity index (χ4v) is 12.1. The Labute approximate surface area is 442 Å². The van der Waals surface area contributed by atoms with E-state index in [-0.39, 0.29) is 18.0 Å². The number of nitrogens with zero attached hydrogens (tertiary/aromatic N) is 9. The number of amides is 3. The Morgan fingerprint density at radius 1 is 0.797 bits per heavy atom. The minimum absolute atomic E-state index is 0.207. The number of rotatable bonds is 15. The van der Waals surface area contributed by atoms with Crippen LogP contribution in [0.15, 0.2) is 102 Å². The average molecular weight is 1080 g/mol. The summed E-state index contributed by atoms with van der Waals surface area (Å²) >= 11 is 3.71. The van der Waals surface area contributed by atoms with Crippen molar-refractivity contribution in [1.82, 2.24) is 45.2 Å². The Bertz CT molecular complexity index is 2950. The van der Waals surface area contributed by atoms with E-state index in [1.807, 2.05) is 30.1 Å². The smallest absolute Gasteiger partial charge is 0.270 e. The molecule has 74 heavy (non-hydrogen) atoms. The SMILES string of the molecule is COc1cc(N2CCC(N3CCN(CC4CCN(c5ccc(C(=O)NC6CCC(=O)NC6=O)nc5)CC4)CC3)CC2)c(-c2cnn(C)c2)cc1Nc1ncc(Br)c(Nc2ccc(-c3ccccc3)cc2P(C)C)n1. The highest BCUT2D eigenvalue weighted by Crippen LogP contribution is 2.42. The van der Waals surface area contributed by atoms with E-state index in [0.717, 1.165) is 123 Å². The van der Waals surface area contributed by atoms with Gasteiger partial charge in [-0.05, 0) is 114 Å². The molecule has 3 aromatic carbocycles.